The fourth-order valence-electron chi connectivity index (χ4n) is 3.14. The maximum atomic E-state index is 14.1. The van der Waals surface area contributed by atoms with Crippen molar-refractivity contribution in [2.45, 2.75) is 42.8 Å². The molecule has 12 heteroatoms. The van der Waals surface area contributed by atoms with Crippen molar-refractivity contribution in [3.8, 4) is 0 Å². The van der Waals surface area contributed by atoms with Crippen LogP contribution in [0.2, 0.25) is 0 Å². The topological polar surface area (TPSA) is 80.2 Å². The maximum Gasteiger partial charge on any atom is 0.407 e. The number of benzene rings is 1. The quantitative estimate of drug-likeness (QED) is 0.682. The third-order valence-electron chi connectivity index (χ3n) is 5.17. The number of aryl methyl sites for hydroxylation is 1. The third-order valence-corrected chi connectivity index (χ3v) is 6.67. The summed E-state index contributed by atoms with van der Waals surface area (Å²) in [6.45, 7) is 1.18. The van der Waals surface area contributed by atoms with Gasteiger partial charge in [-0.1, -0.05) is 0 Å². The molecule has 1 amide bonds. The van der Waals surface area contributed by atoms with Gasteiger partial charge in [0.15, 0.2) is 5.82 Å². The number of carbonyl (C=O) groups is 1. The molecule has 0 radical (unpaired) electrons. The molecule has 1 saturated carbocycles. The second-order valence-electron chi connectivity index (χ2n) is 7.20. The van der Waals surface area contributed by atoms with Gasteiger partial charge in [0.2, 0.25) is 10.0 Å². The van der Waals surface area contributed by atoms with Gasteiger partial charge in [0.25, 0.3) is 5.91 Å². The molecule has 0 saturated heterocycles. The number of halogens is 5. The lowest BCUT2D eigenvalue weighted by Crippen LogP contribution is -2.62. The number of carbonyl (C=O) groups excluding carboxylic acids is 1. The van der Waals surface area contributed by atoms with E-state index in [0.29, 0.717) is 0 Å². The summed E-state index contributed by atoms with van der Waals surface area (Å²) in [4.78, 5) is 11.9. The molecule has 2 N–H and O–H groups in total. The molecule has 30 heavy (non-hydrogen) atoms. The van der Waals surface area contributed by atoms with Gasteiger partial charge < -0.3 is 9.88 Å². The summed E-state index contributed by atoms with van der Waals surface area (Å²) in [7, 11) is -3.28. The predicted octanol–water partition coefficient (Wildman–Crippen LogP) is 3.63. The summed E-state index contributed by atoms with van der Waals surface area (Å²) in [6.07, 6.45) is -4.30. The first-order chi connectivity index (χ1) is 13.8. The van der Waals surface area contributed by atoms with E-state index in [9.17, 15) is 35.2 Å². The summed E-state index contributed by atoms with van der Waals surface area (Å²) < 4.78 is 95.2. The fourth-order valence-corrected chi connectivity index (χ4v) is 4.66. The van der Waals surface area contributed by atoms with Crippen molar-refractivity contribution in [3.63, 3.8) is 0 Å². The number of hydrogen-bond donors (Lipinski definition) is 2. The van der Waals surface area contributed by atoms with E-state index in [4.69, 9.17) is 0 Å². The Morgan fingerprint density at radius 3 is 2.37 bits per heavy atom. The molecule has 2 aromatic rings. The van der Waals surface area contributed by atoms with E-state index in [0.717, 1.165) is 29.0 Å². The van der Waals surface area contributed by atoms with E-state index in [-0.39, 0.29) is 36.2 Å². The predicted molar refractivity (Wildman–Crippen MR) is 97.4 cm³/mol. The molecule has 1 aromatic carbocycles. The van der Waals surface area contributed by atoms with E-state index in [1.54, 1.807) is 4.72 Å². The summed E-state index contributed by atoms with van der Waals surface area (Å²) in [5.41, 5.74) is -3.41. The second-order valence-corrected chi connectivity index (χ2v) is 8.88. The Hall–Kier alpha value is -2.47. The van der Waals surface area contributed by atoms with Gasteiger partial charge in [-0.2, -0.15) is 17.9 Å². The smallest absolute Gasteiger partial charge is 0.345 e. The summed E-state index contributed by atoms with van der Waals surface area (Å²) >= 11 is 0. The van der Waals surface area contributed by atoms with Crippen LogP contribution in [0.15, 0.2) is 29.3 Å². The van der Waals surface area contributed by atoms with Crippen molar-refractivity contribution >= 4 is 21.6 Å². The first-order valence-electron chi connectivity index (χ1n) is 8.80. The molecule has 164 valence electrons. The van der Waals surface area contributed by atoms with Crippen molar-refractivity contribution in [3.05, 3.63) is 47.3 Å². The molecule has 1 aromatic heterocycles. The minimum atomic E-state index is -4.76. The van der Waals surface area contributed by atoms with E-state index in [2.05, 4.69) is 5.32 Å². The number of alkyl halides is 3. The van der Waals surface area contributed by atoms with Gasteiger partial charge >= 0.3 is 6.18 Å². The van der Waals surface area contributed by atoms with Crippen LogP contribution >= 0.6 is 0 Å². The highest BCUT2D eigenvalue weighted by Gasteiger charge is 2.60. The Balaban J connectivity index is 1.86. The molecule has 1 fully saturated rings. The van der Waals surface area contributed by atoms with E-state index < -0.39 is 44.2 Å². The minimum absolute atomic E-state index is 0.229. The fraction of sp³-hybridized carbons (Fsp3) is 0.389. The molecule has 0 spiro atoms. The Bertz CT molecular complexity index is 1110. The molecule has 0 atom stereocenters. The Morgan fingerprint density at radius 2 is 1.83 bits per heavy atom. The van der Waals surface area contributed by atoms with Crippen molar-refractivity contribution in [1.29, 1.82) is 0 Å². The number of nitrogens with zero attached hydrogens (tertiary/aromatic N) is 1. The summed E-state index contributed by atoms with van der Waals surface area (Å²) in [5.74, 6) is -2.72. The zero-order valence-electron chi connectivity index (χ0n) is 15.9. The van der Waals surface area contributed by atoms with Crippen molar-refractivity contribution in [2.75, 3.05) is 5.32 Å². The standard InChI is InChI=1S/C18H18F5N3O3S/c1-10-12(19)4-5-13(15(10)20)24-16(27)14-8-11(9-26(14)2)30(28,29)25-17(6-3-7-17)18(21,22)23/h4-5,8-9,25H,3,6-7H2,1-2H3,(H,24,27). The van der Waals surface area contributed by atoms with Crippen LogP contribution in [0.1, 0.15) is 35.3 Å². The Kier molecular flexibility index (Phi) is 5.44. The molecule has 3 rings (SSSR count). The van der Waals surface area contributed by atoms with Crippen LogP contribution < -0.4 is 10.0 Å². The first kappa shape index (κ1) is 22.2. The zero-order chi connectivity index (χ0) is 22.5. The lowest BCUT2D eigenvalue weighted by Gasteiger charge is -2.43. The number of aromatic nitrogens is 1. The van der Waals surface area contributed by atoms with Crippen LogP contribution in [0.25, 0.3) is 0 Å². The molecular weight excluding hydrogens is 433 g/mol. The van der Waals surface area contributed by atoms with Gasteiger partial charge in [0.05, 0.1) is 5.69 Å². The molecule has 0 bridgehead atoms. The summed E-state index contributed by atoms with van der Waals surface area (Å²) in [6, 6.07) is 2.84. The SMILES string of the molecule is Cc1c(F)ccc(NC(=O)c2cc(S(=O)(=O)NC3(C(F)(F)F)CCC3)cn2C)c1F. The van der Waals surface area contributed by atoms with Crippen molar-refractivity contribution < 1.29 is 35.2 Å². The van der Waals surface area contributed by atoms with Gasteiger partial charge in [-0.15, -0.1) is 0 Å². The molecule has 0 aliphatic heterocycles. The van der Waals surface area contributed by atoms with Crippen LogP contribution in [-0.2, 0) is 17.1 Å². The van der Waals surface area contributed by atoms with Crippen molar-refractivity contribution in [2.24, 2.45) is 7.05 Å². The monoisotopic (exact) mass is 451 g/mol. The average molecular weight is 451 g/mol. The van der Waals surface area contributed by atoms with Gasteiger partial charge in [-0.3, -0.25) is 4.79 Å². The van der Waals surface area contributed by atoms with Crippen LogP contribution in [0, 0.1) is 18.6 Å². The minimum Gasteiger partial charge on any atom is -0.345 e. The number of hydrogen-bond acceptors (Lipinski definition) is 3. The third kappa shape index (κ3) is 3.81. The largest absolute Gasteiger partial charge is 0.407 e. The summed E-state index contributed by atoms with van der Waals surface area (Å²) in [5, 5.41) is 2.20. The normalized spacial score (nSPS) is 16.2. The molecule has 0 unspecified atom stereocenters. The highest BCUT2D eigenvalue weighted by atomic mass is 32.2. The Labute approximate surface area is 169 Å². The maximum absolute atomic E-state index is 14.1. The number of anilines is 1. The van der Waals surface area contributed by atoms with Crippen LogP contribution in [-0.4, -0.2) is 30.6 Å². The van der Waals surface area contributed by atoms with Crippen molar-refractivity contribution in [1.82, 2.24) is 9.29 Å². The lowest BCUT2D eigenvalue weighted by atomic mass is 9.77. The number of amides is 1. The van der Waals surface area contributed by atoms with E-state index >= 15 is 0 Å². The zero-order valence-corrected chi connectivity index (χ0v) is 16.7. The van der Waals surface area contributed by atoms with E-state index in [1.807, 2.05) is 0 Å². The second kappa shape index (κ2) is 7.34. The van der Waals surface area contributed by atoms with Crippen LogP contribution in [0.4, 0.5) is 27.6 Å². The number of rotatable bonds is 5. The average Bonchev–Trinajstić information content (AvgIpc) is 3.00. The van der Waals surface area contributed by atoms with Gasteiger partial charge in [-0.25, -0.2) is 17.2 Å². The molecule has 1 heterocycles. The van der Waals surface area contributed by atoms with Crippen LogP contribution in [0.3, 0.4) is 0 Å². The van der Waals surface area contributed by atoms with Gasteiger partial charge in [-0.05, 0) is 44.4 Å². The molecular formula is C18H18F5N3O3S. The highest BCUT2D eigenvalue weighted by Crippen LogP contribution is 2.46. The Morgan fingerprint density at radius 1 is 1.20 bits per heavy atom. The van der Waals surface area contributed by atoms with E-state index in [1.165, 1.54) is 14.0 Å². The van der Waals surface area contributed by atoms with Gasteiger partial charge in [0, 0.05) is 18.8 Å². The highest BCUT2D eigenvalue weighted by molar-refractivity contribution is 7.89. The molecule has 6 nitrogen and oxygen atoms in total. The number of nitrogens with one attached hydrogen (secondary N) is 2. The number of sulfonamides is 1. The molecule has 1 aliphatic carbocycles. The lowest BCUT2D eigenvalue weighted by molar-refractivity contribution is -0.212. The first-order valence-corrected chi connectivity index (χ1v) is 10.3. The van der Waals surface area contributed by atoms with Gasteiger partial charge in [0.1, 0.15) is 21.9 Å². The van der Waals surface area contributed by atoms with Crippen LogP contribution in [0.5, 0.6) is 0 Å². The molecule has 1 aliphatic rings.